The molecule has 0 aromatic rings. The standard InChI is InChI=1S/C17H30BNO4/c1-15(2,3)21-14(20)19-13-10-8-12(9-11-13)18-22-16(4,5)17(6,7)23-18/h8,13H,9-11H2,1-7H3,(H,19,20)/t13-/m0/s1. The van der Waals surface area contributed by atoms with E-state index in [4.69, 9.17) is 14.0 Å². The number of carbonyl (C=O) groups excluding carboxylic acids is 1. The summed E-state index contributed by atoms with van der Waals surface area (Å²) in [4.78, 5) is 11.8. The Kier molecular flexibility index (Phi) is 4.89. The van der Waals surface area contributed by atoms with Crippen LogP contribution in [0.1, 0.15) is 67.7 Å². The second-order valence-corrected chi connectivity index (χ2v) is 8.48. The molecule has 0 saturated carbocycles. The van der Waals surface area contributed by atoms with E-state index in [1.807, 2.05) is 20.8 Å². The molecule has 2 aliphatic rings. The van der Waals surface area contributed by atoms with E-state index in [0.717, 1.165) is 19.3 Å². The third kappa shape index (κ3) is 4.51. The zero-order chi connectivity index (χ0) is 17.5. The lowest BCUT2D eigenvalue weighted by Crippen LogP contribution is -2.41. The van der Waals surface area contributed by atoms with Crippen LogP contribution in [0.4, 0.5) is 4.79 Å². The van der Waals surface area contributed by atoms with E-state index in [2.05, 4.69) is 39.1 Å². The van der Waals surface area contributed by atoms with E-state index >= 15 is 0 Å². The Morgan fingerprint density at radius 3 is 2.26 bits per heavy atom. The van der Waals surface area contributed by atoms with Gasteiger partial charge in [0.2, 0.25) is 0 Å². The smallest absolute Gasteiger partial charge is 0.444 e. The summed E-state index contributed by atoms with van der Waals surface area (Å²) in [6, 6.07) is 0.107. The van der Waals surface area contributed by atoms with Crippen LogP contribution in [0.2, 0.25) is 0 Å². The van der Waals surface area contributed by atoms with Gasteiger partial charge in [-0.05, 0) is 73.2 Å². The van der Waals surface area contributed by atoms with Gasteiger partial charge < -0.3 is 19.4 Å². The number of alkyl carbamates (subject to hydrolysis) is 1. The lowest BCUT2D eigenvalue weighted by atomic mass is 9.72. The van der Waals surface area contributed by atoms with Crippen molar-refractivity contribution in [3.63, 3.8) is 0 Å². The van der Waals surface area contributed by atoms with Crippen LogP contribution in [-0.2, 0) is 14.0 Å². The van der Waals surface area contributed by atoms with Crippen molar-refractivity contribution < 1.29 is 18.8 Å². The highest BCUT2D eigenvalue weighted by Gasteiger charge is 2.52. The molecule has 0 aromatic carbocycles. The number of carbonyl (C=O) groups is 1. The molecule has 0 aromatic heterocycles. The Bertz CT molecular complexity index is 477. The molecule has 1 atom stereocenters. The van der Waals surface area contributed by atoms with E-state index in [-0.39, 0.29) is 30.5 Å². The second-order valence-electron chi connectivity index (χ2n) is 8.48. The van der Waals surface area contributed by atoms with Gasteiger partial charge in [-0.25, -0.2) is 4.79 Å². The number of rotatable bonds is 2. The minimum absolute atomic E-state index is 0.107. The zero-order valence-corrected chi connectivity index (χ0v) is 15.5. The molecule has 6 heteroatoms. The van der Waals surface area contributed by atoms with Gasteiger partial charge in [0, 0.05) is 6.04 Å². The Balaban J connectivity index is 1.89. The molecule has 1 amide bonds. The van der Waals surface area contributed by atoms with E-state index in [1.165, 1.54) is 5.47 Å². The maximum absolute atomic E-state index is 11.8. The van der Waals surface area contributed by atoms with Gasteiger partial charge in [-0.1, -0.05) is 6.08 Å². The van der Waals surface area contributed by atoms with Crippen molar-refractivity contribution in [2.75, 3.05) is 0 Å². The van der Waals surface area contributed by atoms with Crippen LogP contribution in [-0.4, -0.2) is 36.1 Å². The van der Waals surface area contributed by atoms with Crippen LogP contribution in [0.5, 0.6) is 0 Å². The van der Waals surface area contributed by atoms with Crippen LogP contribution in [0, 0.1) is 0 Å². The molecule has 23 heavy (non-hydrogen) atoms. The van der Waals surface area contributed by atoms with Crippen molar-refractivity contribution in [1.29, 1.82) is 0 Å². The molecule has 0 unspecified atom stereocenters. The first-order valence-corrected chi connectivity index (χ1v) is 8.44. The average molecular weight is 323 g/mol. The summed E-state index contributed by atoms with van der Waals surface area (Å²) in [7, 11) is -0.275. The zero-order valence-electron chi connectivity index (χ0n) is 15.5. The third-order valence-electron chi connectivity index (χ3n) is 4.72. The van der Waals surface area contributed by atoms with Crippen molar-refractivity contribution in [3.05, 3.63) is 11.5 Å². The number of hydrogen-bond acceptors (Lipinski definition) is 4. The normalized spacial score (nSPS) is 26.7. The quantitative estimate of drug-likeness (QED) is 0.789. The first-order chi connectivity index (χ1) is 10.4. The van der Waals surface area contributed by atoms with Crippen molar-refractivity contribution >= 4 is 13.2 Å². The summed E-state index contributed by atoms with van der Waals surface area (Å²) >= 11 is 0. The molecule has 1 aliphatic heterocycles. The largest absolute Gasteiger partial charge is 0.490 e. The summed E-state index contributed by atoms with van der Waals surface area (Å²) in [6.45, 7) is 13.8. The van der Waals surface area contributed by atoms with Crippen molar-refractivity contribution in [3.8, 4) is 0 Å². The first-order valence-electron chi connectivity index (χ1n) is 8.44. The monoisotopic (exact) mass is 323 g/mol. The number of hydrogen-bond donors (Lipinski definition) is 1. The van der Waals surface area contributed by atoms with Gasteiger partial charge in [-0.3, -0.25) is 0 Å². The fourth-order valence-corrected chi connectivity index (χ4v) is 2.67. The maximum atomic E-state index is 11.8. The average Bonchev–Trinajstić information content (AvgIpc) is 2.56. The molecule has 0 spiro atoms. The molecule has 2 rings (SSSR count). The lowest BCUT2D eigenvalue weighted by Gasteiger charge is -2.32. The Morgan fingerprint density at radius 1 is 1.26 bits per heavy atom. The van der Waals surface area contributed by atoms with Gasteiger partial charge in [0.05, 0.1) is 11.2 Å². The molecule has 1 aliphatic carbocycles. The van der Waals surface area contributed by atoms with E-state index in [0.29, 0.717) is 0 Å². The van der Waals surface area contributed by atoms with Gasteiger partial charge in [-0.2, -0.15) is 0 Å². The van der Waals surface area contributed by atoms with Crippen molar-refractivity contribution in [2.24, 2.45) is 0 Å². The van der Waals surface area contributed by atoms with Gasteiger partial charge in [0.25, 0.3) is 0 Å². The number of amides is 1. The minimum atomic E-state index is -0.470. The fraction of sp³-hybridized carbons (Fsp3) is 0.824. The molecule has 1 fully saturated rings. The minimum Gasteiger partial charge on any atom is -0.444 e. The lowest BCUT2D eigenvalue weighted by molar-refractivity contribution is 0.00578. The second kappa shape index (κ2) is 6.13. The van der Waals surface area contributed by atoms with Crippen molar-refractivity contribution in [2.45, 2.75) is 90.6 Å². The molecule has 1 saturated heterocycles. The number of ether oxygens (including phenoxy) is 1. The maximum Gasteiger partial charge on any atom is 0.490 e. The highest BCUT2D eigenvalue weighted by atomic mass is 16.7. The van der Waals surface area contributed by atoms with Gasteiger partial charge in [0.15, 0.2) is 0 Å². The number of allylic oxidation sites excluding steroid dienone is 1. The van der Waals surface area contributed by atoms with E-state index < -0.39 is 5.60 Å². The predicted octanol–water partition coefficient (Wildman–Crippen LogP) is 3.62. The molecule has 0 bridgehead atoms. The highest BCUT2D eigenvalue weighted by molar-refractivity contribution is 6.54. The van der Waals surface area contributed by atoms with Crippen LogP contribution >= 0.6 is 0 Å². The van der Waals surface area contributed by atoms with E-state index in [9.17, 15) is 4.79 Å². The molecule has 5 nitrogen and oxygen atoms in total. The van der Waals surface area contributed by atoms with Crippen LogP contribution in [0.25, 0.3) is 0 Å². The fourth-order valence-electron chi connectivity index (χ4n) is 2.67. The van der Waals surface area contributed by atoms with Gasteiger partial charge >= 0.3 is 13.2 Å². The number of nitrogens with one attached hydrogen (secondary N) is 1. The van der Waals surface area contributed by atoms with Crippen molar-refractivity contribution in [1.82, 2.24) is 5.32 Å². The highest BCUT2D eigenvalue weighted by Crippen LogP contribution is 2.40. The topological polar surface area (TPSA) is 56.8 Å². The van der Waals surface area contributed by atoms with Crippen LogP contribution in [0.15, 0.2) is 11.5 Å². The summed E-state index contributed by atoms with van der Waals surface area (Å²) in [5.41, 5.74) is 0.0716. The molecule has 1 N–H and O–H groups in total. The predicted molar refractivity (Wildman–Crippen MR) is 91.2 cm³/mol. The third-order valence-corrected chi connectivity index (χ3v) is 4.72. The van der Waals surface area contributed by atoms with E-state index in [1.54, 1.807) is 0 Å². The Labute approximate surface area is 140 Å². The van der Waals surface area contributed by atoms with Gasteiger partial charge in [-0.15, -0.1) is 0 Å². The molecule has 1 heterocycles. The van der Waals surface area contributed by atoms with Gasteiger partial charge in [0.1, 0.15) is 5.60 Å². The van der Waals surface area contributed by atoms with Crippen LogP contribution in [0.3, 0.4) is 0 Å². The summed E-state index contributed by atoms with van der Waals surface area (Å²) in [6.07, 6.45) is 4.29. The Hall–Kier alpha value is -1.01. The first kappa shape index (κ1) is 18.3. The summed E-state index contributed by atoms with van der Waals surface area (Å²) in [5.74, 6) is 0. The molecular weight excluding hydrogens is 293 g/mol. The van der Waals surface area contributed by atoms with Crippen LogP contribution < -0.4 is 5.32 Å². The molecule has 0 radical (unpaired) electrons. The SMILES string of the molecule is CC(C)(C)OC(=O)N[C@H]1CC=C(B2OC(C)(C)C(C)(C)O2)CC1. The Morgan fingerprint density at radius 2 is 1.83 bits per heavy atom. The molecule has 130 valence electrons. The summed E-state index contributed by atoms with van der Waals surface area (Å²) < 4.78 is 17.5. The summed E-state index contributed by atoms with van der Waals surface area (Å²) in [5, 5.41) is 2.93. The molecular formula is C17H30BNO4.